The molecule has 0 aliphatic heterocycles. The predicted molar refractivity (Wildman–Crippen MR) is 97.3 cm³/mol. The topological polar surface area (TPSA) is 76.1 Å². The summed E-state index contributed by atoms with van der Waals surface area (Å²) >= 11 is 0. The second-order valence-corrected chi connectivity index (χ2v) is 5.32. The molecule has 2 aromatic carbocycles. The lowest BCUT2D eigenvalue weighted by Gasteiger charge is -2.11. The molecule has 1 aromatic heterocycles. The second-order valence-electron chi connectivity index (χ2n) is 5.32. The molecule has 0 saturated heterocycles. The lowest BCUT2D eigenvalue weighted by atomic mass is 10.3. The van der Waals surface area contributed by atoms with Gasteiger partial charge >= 0.3 is 0 Å². The predicted octanol–water partition coefficient (Wildman–Crippen LogP) is 4.01. The number of rotatable bonds is 6. The third-order valence-electron chi connectivity index (χ3n) is 3.45. The van der Waals surface area contributed by atoms with Gasteiger partial charge in [-0.05, 0) is 55.5 Å². The average molecular weight is 352 g/mol. The molecule has 132 valence electrons. The Balaban J connectivity index is 1.68. The molecule has 0 fully saturated rings. The molecule has 0 saturated carbocycles. The maximum atomic E-state index is 12.9. The van der Waals surface area contributed by atoms with E-state index in [1.165, 1.54) is 24.3 Å². The van der Waals surface area contributed by atoms with Gasteiger partial charge < -0.3 is 15.4 Å². The number of aromatic nitrogens is 2. The van der Waals surface area contributed by atoms with E-state index in [1.807, 2.05) is 31.2 Å². The van der Waals surface area contributed by atoms with Crippen molar-refractivity contribution in [3.63, 3.8) is 0 Å². The van der Waals surface area contributed by atoms with Crippen LogP contribution in [0.4, 0.5) is 21.6 Å². The van der Waals surface area contributed by atoms with Crippen LogP contribution in [0.25, 0.3) is 0 Å². The highest BCUT2D eigenvalue weighted by atomic mass is 19.1. The molecule has 2 N–H and O–H groups in total. The fraction of sp³-hybridized carbons (Fsp3) is 0.105. The molecule has 0 aliphatic rings. The van der Waals surface area contributed by atoms with Crippen molar-refractivity contribution in [2.24, 2.45) is 0 Å². The Morgan fingerprint density at radius 3 is 2.50 bits per heavy atom. The number of ether oxygens (including phenoxy) is 1. The van der Waals surface area contributed by atoms with E-state index in [-0.39, 0.29) is 11.5 Å². The van der Waals surface area contributed by atoms with Gasteiger partial charge in [-0.2, -0.15) is 0 Å². The van der Waals surface area contributed by atoms with Crippen LogP contribution in [0.5, 0.6) is 5.75 Å². The van der Waals surface area contributed by atoms with Gasteiger partial charge in [-0.3, -0.25) is 4.79 Å². The minimum atomic E-state index is -0.426. The van der Waals surface area contributed by atoms with Gasteiger partial charge in [0.05, 0.1) is 12.3 Å². The van der Waals surface area contributed by atoms with Crippen LogP contribution < -0.4 is 15.4 Å². The fourth-order valence-corrected chi connectivity index (χ4v) is 2.24. The monoisotopic (exact) mass is 352 g/mol. The van der Waals surface area contributed by atoms with Crippen molar-refractivity contribution in [3.05, 3.63) is 72.2 Å². The molecule has 0 unspecified atom stereocenters. The molecule has 1 heterocycles. The Labute approximate surface area is 150 Å². The molecule has 0 spiro atoms. The molecule has 0 aliphatic carbocycles. The van der Waals surface area contributed by atoms with Crippen LogP contribution in [0.15, 0.2) is 60.7 Å². The molecule has 3 rings (SSSR count). The number of halogens is 1. The molecule has 26 heavy (non-hydrogen) atoms. The van der Waals surface area contributed by atoms with Crippen molar-refractivity contribution >= 4 is 23.1 Å². The van der Waals surface area contributed by atoms with Crippen LogP contribution in [0.2, 0.25) is 0 Å². The number of hydrogen-bond acceptors (Lipinski definition) is 5. The average Bonchev–Trinajstić information content (AvgIpc) is 2.66. The van der Waals surface area contributed by atoms with Crippen LogP contribution in [-0.4, -0.2) is 22.7 Å². The van der Waals surface area contributed by atoms with Gasteiger partial charge in [0.1, 0.15) is 11.6 Å². The van der Waals surface area contributed by atoms with Crippen LogP contribution in [0.1, 0.15) is 17.4 Å². The summed E-state index contributed by atoms with van der Waals surface area (Å²) in [5, 5.41) is 13.7. The van der Waals surface area contributed by atoms with E-state index in [0.717, 1.165) is 5.69 Å². The van der Waals surface area contributed by atoms with Crippen LogP contribution in [-0.2, 0) is 0 Å². The lowest BCUT2D eigenvalue weighted by Crippen LogP contribution is -2.14. The van der Waals surface area contributed by atoms with E-state index in [4.69, 9.17) is 4.74 Å². The summed E-state index contributed by atoms with van der Waals surface area (Å²) in [6.45, 7) is 2.46. The number of carbonyl (C=O) groups excluding carboxylic acids is 1. The molecular formula is C19H17FN4O2. The fourth-order valence-electron chi connectivity index (χ4n) is 2.24. The summed E-state index contributed by atoms with van der Waals surface area (Å²) in [6, 6.07) is 16.2. The van der Waals surface area contributed by atoms with Crippen molar-refractivity contribution in [2.75, 3.05) is 17.2 Å². The number of amides is 1. The number of anilines is 3. The molecular weight excluding hydrogens is 335 g/mol. The largest absolute Gasteiger partial charge is 0.492 e. The maximum Gasteiger partial charge on any atom is 0.276 e. The summed E-state index contributed by atoms with van der Waals surface area (Å²) < 4.78 is 18.4. The van der Waals surface area contributed by atoms with Crippen LogP contribution in [0, 0.1) is 5.82 Å². The number of nitrogens with one attached hydrogen (secondary N) is 2. The first-order valence-electron chi connectivity index (χ1n) is 8.05. The molecule has 0 radical (unpaired) electrons. The van der Waals surface area contributed by atoms with E-state index in [1.54, 1.807) is 12.1 Å². The van der Waals surface area contributed by atoms with E-state index >= 15 is 0 Å². The summed E-state index contributed by atoms with van der Waals surface area (Å²) in [7, 11) is 0. The van der Waals surface area contributed by atoms with Crippen LogP contribution in [0.3, 0.4) is 0 Å². The summed E-state index contributed by atoms with van der Waals surface area (Å²) in [5.74, 6) is 0.390. The third-order valence-corrected chi connectivity index (χ3v) is 3.45. The highest BCUT2D eigenvalue weighted by Gasteiger charge is 2.10. The van der Waals surface area contributed by atoms with E-state index in [9.17, 15) is 9.18 Å². The SMILES string of the molecule is CCOc1ccccc1Nc1ccc(C(=O)Nc2ccc(F)cc2)nn1. The Kier molecular flexibility index (Phi) is 5.38. The molecule has 1 amide bonds. The van der Waals surface area contributed by atoms with Gasteiger partial charge in [0.15, 0.2) is 11.5 Å². The zero-order valence-electron chi connectivity index (χ0n) is 14.1. The zero-order chi connectivity index (χ0) is 18.4. The third kappa shape index (κ3) is 4.32. The van der Waals surface area contributed by atoms with Gasteiger partial charge in [0, 0.05) is 5.69 Å². The number of hydrogen-bond donors (Lipinski definition) is 2. The van der Waals surface area contributed by atoms with E-state index in [0.29, 0.717) is 23.9 Å². The highest BCUT2D eigenvalue weighted by Crippen LogP contribution is 2.26. The maximum absolute atomic E-state index is 12.9. The Morgan fingerprint density at radius 2 is 1.81 bits per heavy atom. The van der Waals surface area contributed by atoms with Gasteiger partial charge in [0.2, 0.25) is 0 Å². The Hall–Kier alpha value is -3.48. The van der Waals surface area contributed by atoms with Gasteiger partial charge in [0.25, 0.3) is 5.91 Å². The zero-order valence-corrected chi connectivity index (χ0v) is 14.1. The number of benzene rings is 2. The normalized spacial score (nSPS) is 10.2. The van der Waals surface area contributed by atoms with Crippen molar-refractivity contribution in [1.82, 2.24) is 10.2 Å². The molecule has 6 nitrogen and oxygen atoms in total. The Morgan fingerprint density at radius 1 is 1.04 bits per heavy atom. The van der Waals surface area contributed by atoms with Gasteiger partial charge in [-0.1, -0.05) is 12.1 Å². The quantitative estimate of drug-likeness (QED) is 0.701. The highest BCUT2D eigenvalue weighted by molar-refractivity contribution is 6.02. The van der Waals surface area contributed by atoms with Crippen molar-refractivity contribution in [3.8, 4) is 5.75 Å². The van der Waals surface area contributed by atoms with Gasteiger partial charge in [-0.15, -0.1) is 10.2 Å². The first kappa shape index (κ1) is 17.3. The standard InChI is InChI=1S/C19H17FN4O2/c1-2-26-17-6-4-3-5-15(17)22-18-12-11-16(23-24-18)19(25)21-14-9-7-13(20)8-10-14/h3-12H,2H2,1H3,(H,21,25)(H,22,24). The first-order chi connectivity index (χ1) is 12.7. The van der Waals surface area contributed by atoms with E-state index in [2.05, 4.69) is 20.8 Å². The smallest absolute Gasteiger partial charge is 0.276 e. The van der Waals surface area contributed by atoms with Gasteiger partial charge in [-0.25, -0.2) is 4.39 Å². The summed E-state index contributed by atoms with van der Waals surface area (Å²) in [5.41, 5.74) is 1.39. The second kappa shape index (κ2) is 8.06. The minimum Gasteiger partial charge on any atom is -0.492 e. The first-order valence-corrected chi connectivity index (χ1v) is 8.05. The molecule has 0 atom stereocenters. The molecule has 7 heteroatoms. The molecule has 3 aromatic rings. The van der Waals surface area contributed by atoms with Crippen LogP contribution >= 0.6 is 0 Å². The number of para-hydroxylation sites is 2. The van der Waals surface area contributed by atoms with Crippen molar-refractivity contribution in [2.45, 2.75) is 6.92 Å². The van der Waals surface area contributed by atoms with Crippen molar-refractivity contribution in [1.29, 1.82) is 0 Å². The minimum absolute atomic E-state index is 0.151. The lowest BCUT2D eigenvalue weighted by molar-refractivity contribution is 0.102. The Bertz CT molecular complexity index is 883. The molecule has 0 bridgehead atoms. The van der Waals surface area contributed by atoms with Crippen molar-refractivity contribution < 1.29 is 13.9 Å². The number of carbonyl (C=O) groups is 1. The summed E-state index contributed by atoms with van der Waals surface area (Å²) in [4.78, 5) is 12.2. The summed E-state index contributed by atoms with van der Waals surface area (Å²) in [6.07, 6.45) is 0. The van der Waals surface area contributed by atoms with E-state index < -0.39 is 5.91 Å². The number of nitrogens with zero attached hydrogens (tertiary/aromatic N) is 2.